The maximum Gasteiger partial charge on any atom is 0.142 e. The summed E-state index contributed by atoms with van der Waals surface area (Å²) in [6.45, 7) is 1.02. The highest BCUT2D eigenvalue weighted by molar-refractivity contribution is 5.57. The smallest absolute Gasteiger partial charge is 0.142 e. The molecule has 3 nitrogen and oxygen atoms in total. The van der Waals surface area contributed by atoms with Crippen molar-refractivity contribution >= 4 is 5.69 Å². The molecule has 2 unspecified atom stereocenters. The number of hydrogen-bond donors (Lipinski definition) is 1. The van der Waals surface area contributed by atoms with E-state index in [1.165, 1.54) is 32.1 Å². The Morgan fingerprint density at radius 1 is 1.21 bits per heavy atom. The van der Waals surface area contributed by atoms with Crippen molar-refractivity contribution in [3.63, 3.8) is 0 Å². The number of benzene rings is 1. The molecule has 0 amide bonds. The number of ether oxygens (including phenoxy) is 1. The van der Waals surface area contributed by atoms with Crippen molar-refractivity contribution in [2.75, 3.05) is 25.6 Å². The third kappa shape index (κ3) is 3.63. The molecule has 2 rings (SSSR count). The third-order valence-electron chi connectivity index (χ3n) is 4.22. The van der Waals surface area contributed by atoms with Gasteiger partial charge in [0.2, 0.25) is 0 Å². The van der Waals surface area contributed by atoms with E-state index in [-0.39, 0.29) is 0 Å². The number of nitrogens with two attached hydrogens (primary N) is 1. The van der Waals surface area contributed by atoms with Crippen LogP contribution in [0.3, 0.4) is 0 Å². The molecule has 2 atom stereocenters. The van der Waals surface area contributed by atoms with Gasteiger partial charge in [-0.1, -0.05) is 31.4 Å². The Morgan fingerprint density at radius 3 is 2.74 bits per heavy atom. The second kappa shape index (κ2) is 6.80. The van der Waals surface area contributed by atoms with E-state index in [1.807, 2.05) is 12.1 Å². The largest absolute Gasteiger partial charge is 0.495 e. The fourth-order valence-corrected chi connectivity index (χ4v) is 3.04. The van der Waals surface area contributed by atoms with Gasteiger partial charge in [0.15, 0.2) is 0 Å². The maximum atomic E-state index is 6.32. The van der Waals surface area contributed by atoms with Gasteiger partial charge in [0.05, 0.1) is 12.8 Å². The molecule has 0 aromatic heterocycles. The fraction of sp³-hybridized carbons (Fsp3) is 0.625. The summed E-state index contributed by atoms with van der Waals surface area (Å²) in [6.07, 6.45) is 6.36. The minimum atomic E-state index is 0.347. The first-order valence-electron chi connectivity index (χ1n) is 7.32. The monoisotopic (exact) mass is 262 g/mol. The Bertz CT molecular complexity index is 394. The van der Waals surface area contributed by atoms with Gasteiger partial charge < -0.3 is 15.4 Å². The summed E-state index contributed by atoms with van der Waals surface area (Å²) < 4.78 is 5.43. The van der Waals surface area contributed by atoms with E-state index in [4.69, 9.17) is 10.5 Å². The molecule has 0 saturated heterocycles. The first-order valence-corrected chi connectivity index (χ1v) is 7.32. The van der Waals surface area contributed by atoms with Crippen LogP contribution in [0.4, 0.5) is 5.69 Å². The lowest BCUT2D eigenvalue weighted by Gasteiger charge is -2.29. The van der Waals surface area contributed by atoms with Gasteiger partial charge in [0.1, 0.15) is 5.75 Å². The maximum absolute atomic E-state index is 6.32. The summed E-state index contributed by atoms with van der Waals surface area (Å²) >= 11 is 0. The van der Waals surface area contributed by atoms with Crippen molar-refractivity contribution in [1.29, 1.82) is 0 Å². The molecule has 1 fully saturated rings. The molecule has 1 aromatic carbocycles. The van der Waals surface area contributed by atoms with Crippen LogP contribution in [0.25, 0.3) is 0 Å². The fourth-order valence-electron chi connectivity index (χ4n) is 3.04. The van der Waals surface area contributed by atoms with Crippen molar-refractivity contribution < 1.29 is 4.74 Å². The van der Waals surface area contributed by atoms with Crippen LogP contribution in [-0.2, 0) is 0 Å². The predicted octanol–water partition coefficient (Wildman–Crippen LogP) is 3.04. The highest BCUT2D eigenvalue weighted by Gasteiger charge is 2.22. The normalized spacial score (nSPS) is 23.7. The van der Waals surface area contributed by atoms with Crippen LogP contribution < -0.4 is 15.4 Å². The van der Waals surface area contributed by atoms with Crippen molar-refractivity contribution in [3.8, 4) is 5.75 Å². The molecule has 0 aliphatic heterocycles. The Labute approximate surface area is 116 Å². The molecule has 0 spiro atoms. The molecule has 1 aliphatic carbocycles. The van der Waals surface area contributed by atoms with E-state index < -0.39 is 0 Å². The van der Waals surface area contributed by atoms with E-state index in [9.17, 15) is 0 Å². The zero-order valence-corrected chi connectivity index (χ0v) is 12.1. The van der Waals surface area contributed by atoms with Crippen LogP contribution in [0.2, 0.25) is 0 Å². The van der Waals surface area contributed by atoms with E-state index in [0.29, 0.717) is 12.0 Å². The van der Waals surface area contributed by atoms with Gasteiger partial charge in [-0.2, -0.15) is 0 Å². The molecular weight excluding hydrogens is 236 g/mol. The summed E-state index contributed by atoms with van der Waals surface area (Å²) in [4.78, 5) is 2.29. The average Bonchev–Trinajstić information content (AvgIpc) is 2.64. The number of nitrogens with zero attached hydrogens (tertiary/aromatic N) is 1. The van der Waals surface area contributed by atoms with Crippen LogP contribution in [0, 0.1) is 5.92 Å². The molecule has 2 N–H and O–H groups in total. The van der Waals surface area contributed by atoms with E-state index in [2.05, 4.69) is 24.1 Å². The van der Waals surface area contributed by atoms with E-state index in [0.717, 1.165) is 18.0 Å². The second-order valence-electron chi connectivity index (χ2n) is 5.61. The molecule has 0 radical (unpaired) electrons. The number of rotatable bonds is 4. The Balaban J connectivity index is 2.04. The van der Waals surface area contributed by atoms with Gasteiger partial charge >= 0.3 is 0 Å². The SMILES string of the molecule is COc1ccccc1N(C)CC1CCCCCC1N. The summed E-state index contributed by atoms with van der Waals surface area (Å²) in [5.74, 6) is 1.53. The molecule has 1 saturated carbocycles. The van der Waals surface area contributed by atoms with Crippen LogP contribution in [0.15, 0.2) is 24.3 Å². The molecule has 1 aliphatic rings. The van der Waals surface area contributed by atoms with Crippen molar-refractivity contribution in [2.24, 2.45) is 11.7 Å². The molecule has 0 bridgehead atoms. The van der Waals surface area contributed by atoms with Crippen molar-refractivity contribution in [2.45, 2.75) is 38.1 Å². The highest BCUT2D eigenvalue weighted by Crippen LogP contribution is 2.29. The topological polar surface area (TPSA) is 38.5 Å². The lowest BCUT2D eigenvalue weighted by atomic mass is 9.95. The molecule has 0 heterocycles. The molecule has 106 valence electrons. The lowest BCUT2D eigenvalue weighted by Crippen LogP contribution is -2.37. The minimum Gasteiger partial charge on any atom is -0.495 e. The summed E-state index contributed by atoms with van der Waals surface area (Å²) in [5.41, 5.74) is 7.47. The zero-order chi connectivity index (χ0) is 13.7. The van der Waals surface area contributed by atoms with E-state index in [1.54, 1.807) is 7.11 Å². The third-order valence-corrected chi connectivity index (χ3v) is 4.22. The predicted molar refractivity (Wildman–Crippen MR) is 80.8 cm³/mol. The standard InChI is InChI=1S/C16H26N2O/c1-18(15-10-6-7-11-16(15)19-2)12-13-8-4-3-5-9-14(13)17/h6-7,10-11,13-14H,3-5,8-9,12,17H2,1-2H3. The van der Waals surface area contributed by atoms with Gasteiger partial charge in [-0.25, -0.2) is 0 Å². The van der Waals surface area contributed by atoms with E-state index >= 15 is 0 Å². The minimum absolute atomic E-state index is 0.347. The Morgan fingerprint density at radius 2 is 1.95 bits per heavy atom. The van der Waals surface area contributed by atoms with Crippen molar-refractivity contribution in [3.05, 3.63) is 24.3 Å². The Kier molecular flexibility index (Phi) is 5.08. The average molecular weight is 262 g/mol. The quantitative estimate of drug-likeness (QED) is 0.848. The number of anilines is 1. The zero-order valence-electron chi connectivity index (χ0n) is 12.1. The van der Waals surface area contributed by atoms with Gasteiger partial charge in [-0.3, -0.25) is 0 Å². The highest BCUT2D eigenvalue weighted by atomic mass is 16.5. The lowest BCUT2D eigenvalue weighted by molar-refractivity contribution is 0.393. The second-order valence-corrected chi connectivity index (χ2v) is 5.61. The number of methoxy groups -OCH3 is 1. The first kappa shape index (κ1) is 14.2. The molecule has 1 aromatic rings. The van der Waals surface area contributed by atoms with Gasteiger partial charge in [-0.15, -0.1) is 0 Å². The van der Waals surface area contributed by atoms with Crippen LogP contribution in [0.5, 0.6) is 5.75 Å². The van der Waals surface area contributed by atoms with Gasteiger partial charge in [-0.05, 0) is 30.9 Å². The Hall–Kier alpha value is -1.22. The first-order chi connectivity index (χ1) is 9.22. The summed E-state index contributed by atoms with van der Waals surface area (Å²) in [6, 6.07) is 8.54. The molecule has 19 heavy (non-hydrogen) atoms. The number of para-hydroxylation sites is 2. The van der Waals surface area contributed by atoms with Gasteiger partial charge in [0, 0.05) is 19.6 Å². The summed E-state index contributed by atoms with van der Waals surface area (Å²) in [5, 5.41) is 0. The van der Waals surface area contributed by atoms with Crippen LogP contribution >= 0.6 is 0 Å². The summed E-state index contributed by atoms with van der Waals surface area (Å²) in [7, 11) is 3.86. The van der Waals surface area contributed by atoms with Crippen LogP contribution in [-0.4, -0.2) is 26.7 Å². The van der Waals surface area contributed by atoms with Gasteiger partial charge in [0.25, 0.3) is 0 Å². The van der Waals surface area contributed by atoms with Crippen molar-refractivity contribution in [1.82, 2.24) is 0 Å². The number of hydrogen-bond acceptors (Lipinski definition) is 3. The molecule has 3 heteroatoms. The molecular formula is C16H26N2O. The van der Waals surface area contributed by atoms with Crippen LogP contribution in [0.1, 0.15) is 32.1 Å².